The summed E-state index contributed by atoms with van der Waals surface area (Å²) in [6.07, 6.45) is 0. The van der Waals surface area contributed by atoms with Crippen LogP contribution >= 0.6 is 0 Å². The number of amides is 1. The van der Waals surface area contributed by atoms with Gasteiger partial charge in [-0.05, 0) is 38.5 Å². The summed E-state index contributed by atoms with van der Waals surface area (Å²) in [7, 11) is 3.33. The molecule has 1 aliphatic rings. The number of aromatic nitrogens is 2. The van der Waals surface area contributed by atoms with Crippen molar-refractivity contribution in [3.8, 4) is 5.75 Å². The minimum Gasteiger partial charge on any atom is -0.507 e. The van der Waals surface area contributed by atoms with E-state index >= 15 is 0 Å². The molecule has 1 amide bonds. The van der Waals surface area contributed by atoms with Crippen LogP contribution in [-0.4, -0.2) is 45.1 Å². The summed E-state index contributed by atoms with van der Waals surface area (Å²) in [4.78, 5) is 26.4. The Bertz CT molecular complexity index is 941. The number of hydrogen-bond acceptors (Lipinski definition) is 5. The zero-order valence-electron chi connectivity index (χ0n) is 16.1. The molecular formula is C20H23N3O4. The Kier molecular flexibility index (Phi) is 4.78. The third-order valence-corrected chi connectivity index (χ3v) is 4.93. The Morgan fingerprint density at radius 1 is 1.19 bits per heavy atom. The summed E-state index contributed by atoms with van der Waals surface area (Å²) >= 11 is 0. The van der Waals surface area contributed by atoms with Crippen LogP contribution in [0.4, 0.5) is 0 Å². The fourth-order valence-electron chi connectivity index (χ4n) is 3.50. The summed E-state index contributed by atoms with van der Waals surface area (Å²) in [5.41, 5.74) is 2.60. The first kappa shape index (κ1) is 18.7. The molecule has 0 radical (unpaired) electrons. The molecule has 1 aromatic carbocycles. The van der Waals surface area contributed by atoms with Crippen molar-refractivity contribution >= 4 is 17.4 Å². The maximum absolute atomic E-state index is 12.7. The van der Waals surface area contributed by atoms with Crippen LogP contribution in [0.5, 0.6) is 5.75 Å². The molecule has 27 heavy (non-hydrogen) atoms. The SMILES string of the molecule is CCOc1ccc(C2/C(=C(\O)c3c(C)nn(C)c3C)C(=O)C(=O)N2C)cc1. The van der Waals surface area contributed by atoms with Gasteiger partial charge in [0, 0.05) is 19.8 Å². The molecule has 1 aromatic heterocycles. The zero-order chi connectivity index (χ0) is 19.9. The molecule has 142 valence electrons. The first-order valence-corrected chi connectivity index (χ1v) is 8.75. The second-order valence-corrected chi connectivity index (χ2v) is 6.58. The van der Waals surface area contributed by atoms with Crippen molar-refractivity contribution in [1.29, 1.82) is 0 Å². The van der Waals surface area contributed by atoms with Gasteiger partial charge in [0.05, 0.1) is 29.5 Å². The van der Waals surface area contributed by atoms with Crippen molar-refractivity contribution in [2.24, 2.45) is 7.05 Å². The maximum atomic E-state index is 12.7. The normalized spacial score (nSPS) is 19.0. The quantitative estimate of drug-likeness (QED) is 0.508. The Labute approximate surface area is 157 Å². The number of carbonyl (C=O) groups is 2. The number of carbonyl (C=O) groups excluding carboxylic acids is 2. The largest absolute Gasteiger partial charge is 0.507 e. The standard InChI is InChI=1S/C20H23N3O4/c1-6-27-14-9-7-13(8-10-14)17-16(19(25)20(26)22(17)4)18(24)15-11(2)21-23(5)12(15)3/h7-10,17,24H,6H2,1-5H3/b18-16+. The van der Waals surface area contributed by atoms with Gasteiger partial charge in [-0.2, -0.15) is 5.10 Å². The molecule has 1 unspecified atom stereocenters. The van der Waals surface area contributed by atoms with Crippen molar-refractivity contribution in [1.82, 2.24) is 14.7 Å². The monoisotopic (exact) mass is 369 g/mol. The summed E-state index contributed by atoms with van der Waals surface area (Å²) in [5.74, 6) is -0.834. The Hall–Kier alpha value is -3.09. The van der Waals surface area contributed by atoms with Crippen LogP contribution in [0.3, 0.4) is 0 Å². The fourth-order valence-corrected chi connectivity index (χ4v) is 3.50. The van der Waals surface area contributed by atoms with Crippen LogP contribution in [0, 0.1) is 13.8 Å². The van der Waals surface area contributed by atoms with Crippen LogP contribution < -0.4 is 4.74 Å². The summed E-state index contributed by atoms with van der Waals surface area (Å²) in [6.45, 7) is 6.01. The number of nitrogens with zero attached hydrogens (tertiary/aromatic N) is 3. The number of aliphatic hydroxyl groups is 1. The first-order valence-electron chi connectivity index (χ1n) is 8.75. The highest BCUT2D eigenvalue weighted by atomic mass is 16.5. The van der Waals surface area contributed by atoms with Crippen LogP contribution in [0.1, 0.15) is 35.5 Å². The number of benzene rings is 1. The molecule has 0 saturated carbocycles. The van der Waals surface area contributed by atoms with Gasteiger partial charge in [0.25, 0.3) is 11.7 Å². The van der Waals surface area contributed by atoms with Crippen LogP contribution in [0.2, 0.25) is 0 Å². The summed E-state index contributed by atoms with van der Waals surface area (Å²) in [6, 6.07) is 6.51. The molecule has 2 aromatic rings. The van der Waals surface area contributed by atoms with E-state index in [0.717, 1.165) is 11.3 Å². The van der Waals surface area contributed by atoms with E-state index in [-0.39, 0.29) is 11.3 Å². The molecule has 1 aliphatic heterocycles. The van der Waals surface area contributed by atoms with Crippen LogP contribution in [0.25, 0.3) is 5.76 Å². The van der Waals surface area contributed by atoms with Crippen molar-refractivity contribution in [3.63, 3.8) is 0 Å². The van der Waals surface area contributed by atoms with Gasteiger partial charge in [0.1, 0.15) is 11.5 Å². The predicted molar refractivity (Wildman–Crippen MR) is 100 cm³/mol. The van der Waals surface area contributed by atoms with E-state index in [1.54, 1.807) is 50.0 Å². The molecule has 7 heteroatoms. The van der Waals surface area contributed by atoms with E-state index in [0.29, 0.717) is 23.6 Å². The smallest absolute Gasteiger partial charge is 0.295 e. The molecule has 1 saturated heterocycles. The van der Waals surface area contributed by atoms with Crippen molar-refractivity contribution in [2.75, 3.05) is 13.7 Å². The number of aryl methyl sites for hydroxylation is 2. The molecule has 0 aliphatic carbocycles. The van der Waals surface area contributed by atoms with E-state index < -0.39 is 17.7 Å². The number of ether oxygens (including phenoxy) is 1. The molecule has 7 nitrogen and oxygen atoms in total. The average Bonchev–Trinajstić information content (AvgIpc) is 3.02. The number of likely N-dealkylation sites (N-methyl/N-ethyl adjacent to an activating group) is 1. The van der Waals surface area contributed by atoms with Crippen molar-refractivity contribution in [2.45, 2.75) is 26.8 Å². The minimum absolute atomic E-state index is 0.0749. The molecule has 0 spiro atoms. The number of likely N-dealkylation sites (tertiary alicyclic amines) is 1. The summed E-state index contributed by atoms with van der Waals surface area (Å²) < 4.78 is 7.09. The molecule has 1 atom stereocenters. The van der Waals surface area contributed by atoms with Gasteiger partial charge in [-0.3, -0.25) is 14.3 Å². The van der Waals surface area contributed by atoms with E-state index in [1.165, 1.54) is 4.90 Å². The highest BCUT2D eigenvalue weighted by molar-refractivity contribution is 6.46. The Morgan fingerprint density at radius 2 is 1.81 bits per heavy atom. The molecule has 1 N–H and O–H groups in total. The summed E-state index contributed by atoms with van der Waals surface area (Å²) in [5, 5.41) is 15.3. The van der Waals surface area contributed by atoms with Gasteiger partial charge >= 0.3 is 0 Å². The van der Waals surface area contributed by atoms with Crippen molar-refractivity contribution in [3.05, 3.63) is 52.4 Å². The van der Waals surface area contributed by atoms with E-state index in [4.69, 9.17) is 4.74 Å². The van der Waals surface area contributed by atoms with E-state index in [1.807, 2.05) is 13.8 Å². The van der Waals surface area contributed by atoms with Crippen LogP contribution in [-0.2, 0) is 16.6 Å². The van der Waals surface area contributed by atoms with Gasteiger partial charge in [-0.15, -0.1) is 0 Å². The fraction of sp³-hybridized carbons (Fsp3) is 0.350. The molecule has 1 fully saturated rings. The highest BCUT2D eigenvalue weighted by Crippen LogP contribution is 2.39. The number of hydrogen-bond donors (Lipinski definition) is 1. The van der Waals surface area contributed by atoms with Gasteiger partial charge in [-0.1, -0.05) is 12.1 Å². The first-order chi connectivity index (χ1) is 12.8. The lowest BCUT2D eigenvalue weighted by atomic mass is 9.95. The third-order valence-electron chi connectivity index (χ3n) is 4.93. The number of rotatable bonds is 4. The van der Waals surface area contributed by atoms with Crippen molar-refractivity contribution < 1.29 is 19.4 Å². The Morgan fingerprint density at radius 3 is 2.33 bits per heavy atom. The average molecular weight is 369 g/mol. The molecular weight excluding hydrogens is 346 g/mol. The predicted octanol–water partition coefficient (Wildman–Crippen LogP) is 2.49. The van der Waals surface area contributed by atoms with Gasteiger partial charge < -0.3 is 14.7 Å². The lowest BCUT2D eigenvalue weighted by molar-refractivity contribution is -0.139. The lowest BCUT2D eigenvalue weighted by Gasteiger charge is -2.21. The Balaban J connectivity index is 2.16. The minimum atomic E-state index is -0.698. The molecule has 3 rings (SSSR count). The van der Waals surface area contributed by atoms with Gasteiger partial charge in [0.2, 0.25) is 0 Å². The number of Topliss-reactive ketones (excluding diaryl/α,β-unsaturated/α-hetero) is 1. The van der Waals surface area contributed by atoms with E-state index in [9.17, 15) is 14.7 Å². The highest BCUT2D eigenvalue weighted by Gasteiger charge is 2.44. The molecule has 0 bridgehead atoms. The second-order valence-electron chi connectivity index (χ2n) is 6.58. The molecule has 2 heterocycles. The van der Waals surface area contributed by atoms with E-state index in [2.05, 4.69) is 5.10 Å². The third kappa shape index (κ3) is 2.99. The maximum Gasteiger partial charge on any atom is 0.295 e. The van der Waals surface area contributed by atoms with Crippen LogP contribution in [0.15, 0.2) is 29.8 Å². The van der Waals surface area contributed by atoms with Gasteiger partial charge in [-0.25, -0.2) is 0 Å². The number of aliphatic hydroxyl groups excluding tert-OH is 1. The second kappa shape index (κ2) is 6.90. The van der Waals surface area contributed by atoms with Gasteiger partial charge in [0.15, 0.2) is 0 Å². The number of ketones is 1. The zero-order valence-corrected chi connectivity index (χ0v) is 16.1. The topological polar surface area (TPSA) is 84.7 Å². The lowest BCUT2D eigenvalue weighted by Crippen LogP contribution is -2.24.